The number of anilines is 1. The highest BCUT2D eigenvalue weighted by atomic mass is 16.2. The topological polar surface area (TPSA) is 75.4 Å². The molecular weight excluding hydrogens is 254 g/mol. The lowest BCUT2D eigenvalue weighted by molar-refractivity contribution is -0.135. The molecule has 0 bridgehead atoms. The summed E-state index contributed by atoms with van der Waals surface area (Å²) in [6.45, 7) is 1.26. The van der Waals surface area contributed by atoms with Crippen LogP contribution in [-0.2, 0) is 16.0 Å². The molecule has 1 aromatic rings. The van der Waals surface area contributed by atoms with E-state index in [2.05, 4.69) is 5.32 Å². The van der Waals surface area contributed by atoms with Crippen molar-refractivity contribution in [1.82, 2.24) is 10.2 Å². The summed E-state index contributed by atoms with van der Waals surface area (Å²) in [5.41, 5.74) is 7.27. The third-order valence-electron chi connectivity index (χ3n) is 3.73. The molecule has 5 heteroatoms. The van der Waals surface area contributed by atoms with Gasteiger partial charge >= 0.3 is 0 Å². The molecule has 1 atom stereocenters. The van der Waals surface area contributed by atoms with E-state index in [1.54, 1.807) is 24.1 Å². The van der Waals surface area contributed by atoms with Gasteiger partial charge in [0.15, 0.2) is 0 Å². The Hall–Kier alpha value is -2.04. The second kappa shape index (κ2) is 6.41. The van der Waals surface area contributed by atoms with Crippen molar-refractivity contribution in [2.75, 3.05) is 25.9 Å². The van der Waals surface area contributed by atoms with Crippen molar-refractivity contribution >= 4 is 17.5 Å². The fourth-order valence-corrected chi connectivity index (χ4v) is 2.54. The number of benzene rings is 1. The summed E-state index contributed by atoms with van der Waals surface area (Å²) >= 11 is 0. The summed E-state index contributed by atoms with van der Waals surface area (Å²) in [7, 11) is 1.64. The Labute approximate surface area is 119 Å². The average molecular weight is 275 g/mol. The Morgan fingerprint density at radius 2 is 2.05 bits per heavy atom. The maximum absolute atomic E-state index is 12.3. The van der Waals surface area contributed by atoms with Crippen LogP contribution in [0.2, 0.25) is 0 Å². The first-order valence-electron chi connectivity index (χ1n) is 6.94. The van der Waals surface area contributed by atoms with Crippen LogP contribution in [0.5, 0.6) is 0 Å². The molecule has 1 aliphatic heterocycles. The summed E-state index contributed by atoms with van der Waals surface area (Å²) in [6.07, 6.45) is 2.09. The molecule has 0 aromatic heterocycles. The number of nitrogen functional groups attached to an aromatic ring is 1. The zero-order chi connectivity index (χ0) is 14.5. The Balaban J connectivity index is 1.95. The quantitative estimate of drug-likeness (QED) is 0.801. The number of hydrogen-bond donors (Lipinski definition) is 2. The zero-order valence-electron chi connectivity index (χ0n) is 11.8. The third-order valence-corrected chi connectivity index (χ3v) is 3.73. The molecular formula is C15H21N3O2. The molecule has 1 heterocycles. The number of nitrogens with two attached hydrogens (primary N) is 1. The third kappa shape index (κ3) is 3.50. The van der Waals surface area contributed by atoms with Crippen molar-refractivity contribution in [3.8, 4) is 0 Å². The number of piperidine rings is 1. The highest BCUT2D eigenvalue weighted by Crippen LogP contribution is 2.18. The van der Waals surface area contributed by atoms with Crippen molar-refractivity contribution in [3.63, 3.8) is 0 Å². The van der Waals surface area contributed by atoms with Gasteiger partial charge in [0.2, 0.25) is 11.8 Å². The first-order valence-corrected chi connectivity index (χ1v) is 6.94. The van der Waals surface area contributed by atoms with Crippen molar-refractivity contribution in [1.29, 1.82) is 0 Å². The van der Waals surface area contributed by atoms with Gasteiger partial charge in [0.25, 0.3) is 0 Å². The van der Waals surface area contributed by atoms with Gasteiger partial charge in [-0.15, -0.1) is 0 Å². The minimum atomic E-state index is -0.0795. The fraction of sp³-hybridized carbons (Fsp3) is 0.467. The maximum atomic E-state index is 12.3. The lowest BCUT2D eigenvalue weighted by Gasteiger charge is -2.32. The second-order valence-electron chi connectivity index (χ2n) is 5.21. The number of carbonyl (C=O) groups is 2. The van der Waals surface area contributed by atoms with E-state index in [9.17, 15) is 9.59 Å². The molecule has 1 saturated heterocycles. The van der Waals surface area contributed by atoms with Crippen LogP contribution >= 0.6 is 0 Å². The smallest absolute Gasteiger partial charge is 0.227 e. The number of carbonyl (C=O) groups excluding carboxylic acids is 2. The van der Waals surface area contributed by atoms with Crippen molar-refractivity contribution in [2.24, 2.45) is 5.92 Å². The lowest BCUT2D eigenvalue weighted by Crippen LogP contribution is -2.45. The van der Waals surface area contributed by atoms with Crippen molar-refractivity contribution < 1.29 is 9.59 Å². The number of likely N-dealkylation sites (tertiary alicyclic amines) is 1. The maximum Gasteiger partial charge on any atom is 0.227 e. The van der Waals surface area contributed by atoms with E-state index >= 15 is 0 Å². The molecule has 3 N–H and O–H groups in total. The molecule has 5 nitrogen and oxygen atoms in total. The van der Waals surface area contributed by atoms with Crippen LogP contribution in [0.1, 0.15) is 18.4 Å². The summed E-state index contributed by atoms with van der Waals surface area (Å²) in [4.78, 5) is 25.7. The van der Waals surface area contributed by atoms with Crippen LogP contribution in [0.25, 0.3) is 0 Å². The molecule has 1 fully saturated rings. The molecule has 0 spiro atoms. The summed E-state index contributed by atoms with van der Waals surface area (Å²) in [5.74, 6) is 0.0162. The summed E-state index contributed by atoms with van der Waals surface area (Å²) < 4.78 is 0. The first-order chi connectivity index (χ1) is 9.60. The Morgan fingerprint density at radius 3 is 2.70 bits per heavy atom. The zero-order valence-corrected chi connectivity index (χ0v) is 11.8. The van der Waals surface area contributed by atoms with E-state index in [1.807, 2.05) is 12.1 Å². The van der Waals surface area contributed by atoms with E-state index in [1.165, 1.54) is 0 Å². The number of amides is 2. The molecule has 1 aromatic carbocycles. The number of nitrogens with zero attached hydrogens (tertiary/aromatic N) is 1. The van der Waals surface area contributed by atoms with Gasteiger partial charge in [0.1, 0.15) is 0 Å². The van der Waals surface area contributed by atoms with E-state index in [0.717, 1.165) is 24.9 Å². The van der Waals surface area contributed by atoms with Crippen LogP contribution < -0.4 is 11.1 Å². The van der Waals surface area contributed by atoms with Gasteiger partial charge in [0.05, 0.1) is 12.3 Å². The summed E-state index contributed by atoms with van der Waals surface area (Å²) in [6, 6.07) is 7.33. The standard InChI is InChI=1S/C15H21N3O2/c1-17-15(20)12-3-2-8-18(10-12)14(19)9-11-4-6-13(16)7-5-11/h4-7,12H,2-3,8-10,16H2,1H3,(H,17,20). The van der Waals surface area contributed by atoms with Crippen LogP contribution in [0.4, 0.5) is 5.69 Å². The molecule has 2 rings (SSSR count). The number of rotatable bonds is 3. The van der Waals surface area contributed by atoms with Gasteiger partial charge in [-0.05, 0) is 30.5 Å². The van der Waals surface area contributed by atoms with Gasteiger partial charge in [-0.1, -0.05) is 12.1 Å². The lowest BCUT2D eigenvalue weighted by atomic mass is 9.96. The summed E-state index contributed by atoms with van der Waals surface area (Å²) in [5, 5.41) is 2.66. The van der Waals surface area contributed by atoms with Crippen molar-refractivity contribution in [3.05, 3.63) is 29.8 Å². The van der Waals surface area contributed by atoms with Gasteiger partial charge in [-0.3, -0.25) is 9.59 Å². The van der Waals surface area contributed by atoms with Crippen LogP contribution in [0.3, 0.4) is 0 Å². The Morgan fingerprint density at radius 1 is 1.35 bits per heavy atom. The van der Waals surface area contributed by atoms with Gasteiger partial charge in [-0.25, -0.2) is 0 Å². The molecule has 108 valence electrons. The highest BCUT2D eigenvalue weighted by molar-refractivity contribution is 5.82. The van der Waals surface area contributed by atoms with Crippen LogP contribution in [0.15, 0.2) is 24.3 Å². The molecule has 20 heavy (non-hydrogen) atoms. The first kappa shape index (κ1) is 14.4. The molecule has 1 unspecified atom stereocenters. The van der Waals surface area contributed by atoms with E-state index in [-0.39, 0.29) is 17.7 Å². The monoisotopic (exact) mass is 275 g/mol. The van der Waals surface area contributed by atoms with Crippen molar-refractivity contribution in [2.45, 2.75) is 19.3 Å². The predicted molar refractivity (Wildman–Crippen MR) is 77.9 cm³/mol. The normalized spacial score (nSPS) is 18.6. The number of hydrogen-bond acceptors (Lipinski definition) is 3. The van der Waals surface area contributed by atoms with Crippen LogP contribution in [-0.4, -0.2) is 36.9 Å². The molecule has 0 aliphatic carbocycles. The van der Waals surface area contributed by atoms with E-state index in [4.69, 9.17) is 5.73 Å². The molecule has 0 radical (unpaired) electrons. The predicted octanol–water partition coefficient (Wildman–Crippen LogP) is 0.796. The molecule has 2 amide bonds. The highest BCUT2D eigenvalue weighted by Gasteiger charge is 2.27. The fourth-order valence-electron chi connectivity index (χ4n) is 2.54. The molecule has 1 aliphatic rings. The van der Waals surface area contributed by atoms with E-state index in [0.29, 0.717) is 18.7 Å². The largest absolute Gasteiger partial charge is 0.399 e. The van der Waals surface area contributed by atoms with Gasteiger partial charge in [0, 0.05) is 25.8 Å². The van der Waals surface area contributed by atoms with Crippen LogP contribution in [0, 0.1) is 5.92 Å². The second-order valence-corrected chi connectivity index (χ2v) is 5.21. The van der Waals surface area contributed by atoms with Gasteiger partial charge in [-0.2, -0.15) is 0 Å². The Bertz CT molecular complexity index is 484. The average Bonchev–Trinajstić information content (AvgIpc) is 2.49. The van der Waals surface area contributed by atoms with E-state index < -0.39 is 0 Å². The number of nitrogens with one attached hydrogen (secondary N) is 1. The van der Waals surface area contributed by atoms with Gasteiger partial charge < -0.3 is 16.0 Å². The minimum absolute atomic E-state index is 0.0231. The minimum Gasteiger partial charge on any atom is -0.399 e. The Kier molecular flexibility index (Phi) is 4.61. The SMILES string of the molecule is CNC(=O)C1CCCN(C(=O)Cc2ccc(N)cc2)C1. The molecule has 0 saturated carbocycles.